The molecule has 1 heterocycles. The van der Waals surface area contributed by atoms with Crippen molar-refractivity contribution in [1.82, 2.24) is 15.6 Å². The van der Waals surface area contributed by atoms with Crippen molar-refractivity contribution in [2.24, 2.45) is 4.99 Å². The van der Waals surface area contributed by atoms with Crippen LogP contribution in [-0.4, -0.2) is 24.6 Å². The number of aromatic nitrogens is 1. The summed E-state index contributed by atoms with van der Waals surface area (Å²) in [6.07, 6.45) is 1.76. The maximum atomic E-state index is 5.41. The van der Waals surface area contributed by atoms with E-state index in [0.717, 1.165) is 18.1 Å². The van der Waals surface area contributed by atoms with Gasteiger partial charge in [0, 0.05) is 32.4 Å². The zero-order chi connectivity index (χ0) is 16.5. The zero-order valence-electron chi connectivity index (χ0n) is 14.0. The summed E-state index contributed by atoms with van der Waals surface area (Å²) in [6, 6.07) is 12.2. The Morgan fingerprint density at radius 3 is 2.70 bits per heavy atom. The van der Waals surface area contributed by atoms with E-state index in [-0.39, 0.29) is 0 Å². The molecule has 5 heteroatoms. The van der Waals surface area contributed by atoms with Gasteiger partial charge in [0.25, 0.3) is 0 Å². The fraction of sp³-hybridized carbons (Fsp3) is 0.333. The van der Waals surface area contributed by atoms with E-state index in [4.69, 9.17) is 4.74 Å². The lowest BCUT2D eigenvalue weighted by Crippen LogP contribution is -2.36. The molecule has 0 unspecified atom stereocenters. The highest BCUT2D eigenvalue weighted by atomic mass is 16.5. The SMILES string of the molecule is CCOc1cc(CNC(=NC)NCc2ccccc2C)ccn1. The fourth-order valence-corrected chi connectivity index (χ4v) is 2.18. The highest BCUT2D eigenvalue weighted by molar-refractivity contribution is 5.79. The van der Waals surface area contributed by atoms with Gasteiger partial charge in [-0.25, -0.2) is 4.98 Å². The number of aryl methyl sites for hydroxylation is 1. The molecule has 2 N–H and O–H groups in total. The van der Waals surface area contributed by atoms with E-state index in [1.807, 2.05) is 31.2 Å². The molecule has 0 saturated heterocycles. The van der Waals surface area contributed by atoms with E-state index in [2.05, 4.69) is 39.7 Å². The Balaban J connectivity index is 1.88. The van der Waals surface area contributed by atoms with Gasteiger partial charge in [0.05, 0.1) is 6.61 Å². The van der Waals surface area contributed by atoms with Gasteiger partial charge in [-0.2, -0.15) is 0 Å². The molecule has 0 spiro atoms. The molecule has 2 rings (SSSR count). The first-order chi connectivity index (χ1) is 11.2. The number of guanidine groups is 1. The molecule has 2 aromatic rings. The molecule has 0 fully saturated rings. The van der Waals surface area contributed by atoms with Crippen molar-refractivity contribution in [2.45, 2.75) is 26.9 Å². The zero-order valence-corrected chi connectivity index (χ0v) is 14.0. The summed E-state index contributed by atoms with van der Waals surface area (Å²) < 4.78 is 5.41. The Morgan fingerprint density at radius 1 is 1.17 bits per heavy atom. The van der Waals surface area contributed by atoms with Gasteiger partial charge in [0.2, 0.25) is 5.88 Å². The molecule has 0 radical (unpaired) electrons. The Morgan fingerprint density at radius 2 is 1.96 bits per heavy atom. The number of hydrogen-bond acceptors (Lipinski definition) is 3. The molecular formula is C18H24N4O. The predicted octanol–water partition coefficient (Wildman–Crippen LogP) is 2.65. The molecule has 0 atom stereocenters. The van der Waals surface area contributed by atoms with Crippen molar-refractivity contribution < 1.29 is 4.74 Å². The quantitative estimate of drug-likeness (QED) is 0.636. The lowest BCUT2D eigenvalue weighted by atomic mass is 10.1. The topological polar surface area (TPSA) is 58.5 Å². The number of hydrogen-bond donors (Lipinski definition) is 2. The minimum Gasteiger partial charge on any atom is -0.478 e. The monoisotopic (exact) mass is 312 g/mol. The molecule has 0 aliphatic rings. The summed E-state index contributed by atoms with van der Waals surface area (Å²) in [7, 11) is 1.77. The first kappa shape index (κ1) is 16.8. The maximum Gasteiger partial charge on any atom is 0.213 e. The first-order valence-electron chi connectivity index (χ1n) is 7.79. The summed E-state index contributed by atoms with van der Waals surface area (Å²) in [6.45, 7) is 6.08. The molecule has 1 aromatic carbocycles. The number of ether oxygens (including phenoxy) is 1. The molecule has 0 amide bonds. The second-order valence-corrected chi connectivity index (χ2v) is 5.14. The van der Waals surface area contributed by atoms with Crippen LogP contribution in [0.15, 0.2) is 47.6 Å². The van der Waals surface area contributed by atoms with Gasteiger partial charge >= 0.3 is 0 Å². The summed E-state index contributed by atoms with van der Waals surface area (Å²) in [4.78, 5) is 8.42. The largest absolute Gasteiger partial charge is 0.478 e. The van der Waals surface area contributed by atoms with Gasteiger partial charge in [0.15, 0.2) is 5.96 Å². The molecule has 122 valence electrons. The van der Waals surface area contributed by atoms with Crippen LogP contribution >= 0.6 is 0 Å². The van der Waals surface area contributed by atoms with Crippen LogP contribution in [-0.2, 0) is 13.1 Å². The van der Waals surface area contributed by atoms with E-state index in [1.165, 1.54) is 11.1 Å². The number of rotatable bonds is 6. The van der Waals surface area contributed by atoms with Crippen molar-refractivity contribution >= 4 is 5.96 Å². The standard InChI is InChI=1S/C18H24N4O/c1-4-23-17-11-15(9-10-20-17)12-21-18(19-3)22-13-16-8-6-5-7-14(16)2/h5-11H,4,12-13H2,1-3H3,(H2,19,21,22). The molecule has 23 heavy (non-hydrogen) atoms. The molecule has 1 aromatic heterocycles. The molecular weight excluding hydrogens is 288 g/mol. The average molecular weight is 312 g/mol. The second kappa shape index (κ2) is 8.78. The molecule has 0 bridgehead atoms. The minimum atomic E-state index is 0.615. The lowest BCUT2D eigenvalue weighted by Gasteiger charge is -2.13. The van der Waals surface area contributed by atoms with E-state index >= 15 is 0 Å². The van der Waals surface area contributed by atoms with Crippen LogP contribution in [0.4, 0.5) is 0 Å². The Labute approximate surface area is 137 Å². The maximum absolute atomic E-state index is 5.41. The molecule has 5 nitrogen and oxygen atoms in total. The summed E-state index contributed by atoms with van der Waals surface area (Å²) in [5.41, 5.74) is 3.63. The van der Waals surface area contributed by atoms with Gasteiger partial charge in [-0.1, -0.05) is 24.3 Å². The van der Waals surface area contributed by atoms with E-state index in [0.29, 0.717) is 19.0 Å². The number of pyridine rings is 1. The molecule has 0 aliphatic heterocycles. The number of nitrogens with one attached hydrogen (secondary N) is 2. The number of aliphatic imine (C=N–C) groups is 1. The summed E-state index contributed by atoms with van der Waals surface area (Å²) in [5.74, 6) is 1.41. The van der Waals surface area contributed by atoms with Crippen LogP contribution in [0.25, 0.3) is 0 Å². The van der Waals surface area contributed by atoms with Crippen molar-refractivity contribution in [2.75, 3.05) is 13.7 Å². The van der Waals surface area contributed by atoms with Crippen molar-refractivity contribution in [3.05, 3.63) is 59.3 Å². The van der Waals surface area contributed by atoms with Gasteiger partial charge in [0.1, 0.15) is 0 Å². The second-order valence-electron chi connectivity index (χ2n) is 5.14. The third-order valence-corrected chi connectivity index (χ3v) is 3.48. The van der Waals surface area contributed by atoms with Gasteiger partial charge < -0.3 is 15.4 Å². The Bertz CT molecular complexity index is 655. The van der Waals surface area contributed by atoms with Crippen LogP contribution in [0.5, 0.6) is 5.88 Å². The number of nitrogens with zero attached hydrogens (tertiary/aromatic N) is 2. The van der Waals surface area contributed by atoms with E-state index < -0.39 is 0 Å². The van der Waals surface area contributed by atoms with Crippen molar-refractivity contribution in [3.8, 4) is 5.88 Å². The minimum absolute atomic E-state index is 0.615. The first-order valence-corrected chi connectivity index (χ1v) is 7.79. The average Bonchev–Trinajstić information content (AvgIpc) is 2.57. The highest BCUT2D eigenvalue weighted by Gasteiger charge is 2.02. The van der Waals surface area contributed by atoms with E-state index in [1.54, 1.807) is 13.2 Å². The predicted molar refractivity (Wildman–Crippen MR) is 93.6 cm³/mol. The Hall–Kier alpha value is -2.56. The van der Waals surface area contributed by atoms with Crippen LogP contribution in [0.3, 0.4) is 0 Å². The van der Waals surface area contributed by atoms with Gasteiger partial charge in [-0.3, -0.25) is 4.99 Å². The summed E-state index contributed by atoms with van der Waals surface area (Å²) >= 11 is 0. The lowest BCUT2D eigenvalue weighted by molar-refractivity contribution is 0.326. The third-order valence-electron chi connectivity index (χ3n) is 3.48. The van der Waals surface area contributed by atoms with E-state index in [9.17, 15) is 0 Å². The van der Waals surface area contributed by atoms with Crippen molar-refractivity contribution in [3.63, 3.8) is 0 Å². The van der Waals surface area contributed by atoms with Crippen molar-refractivity contribution in [1.29, 1.82) is 0 Å². The summed E-state index contributed by atoms with van der Waals surface area (Å²) in [5, 5.41) is 6.63. The van der Waals surface area contributed by atoms with Crippen LogP contribution in [0.1, 0.15) is 23.6 Å². The van der Waals surface area contributed by atoms with Crippen LogP contribution in [0.2, 0.25) is 0 Å². The molecule has 0 saturated carbocycles. The molecule has 0 aliphatic carbocycles. The van der Waals surface area contributed by atoms with Crippen LogP contribution < -0.4 is 15.4 Å². The fourth-order valence-electron chi connectivity index (χ4n) is 2.18. The van der Waals surface area contributed by atoms with Crippen LogP contribution in [0, 0.1) is 6.92 Å². The highest BCUT2D eigenvalue weighted by Crippen LogP contribution is 2.09. The Kier molecular flexibility index (Phi) is 6.41. The smallest absolute Gasteiger partial charge is 0.213 e. The third kappa shape index (κ3) is 5.29. The normalized spacial score (nSPS) is 11.2. The number of benzene rings is 1. The van der Waals surface area contributed by atoms with Gasteiger partial charge in [-0.15, -0.1) is 0 Å². The van der Waals surface area contributed by atoms with Gasteiger partial charge in [-0.05, 0) is 36.6 Å².